The van der Waals surface area contributed by atoms with E-state index in [0.29, 0.717) is 0 Å². The lowest BCUT2D eigenvalue weighted by Gasteiger charge is -2.16. The molecular weight excluding hydrogens is 324 g/mol. The van der Waals surface area contributed by atoms with Crippen LogP contribution < -0.4 is 5.73 Å². The number of aryl methyl sites for hydroxylation is 1. The maximum atomic E-state index is 6.48. The van der Waals surface area contributed by atoms with Crippen LogP contribution in [0.5, 0.6) is 0 Å². The Bertz CT molecular complexity index is 783. The number of hydrogen-bond acceptors (Lipinski definition) is 2. The summed E-state index contributed by atoms with van der Waals surface area (Å²) in [6, 6.07) is 18.5. The Morgan fingerprint density at radius 2 is 1.81 bits per heavy atom. The molecule has 1 heterocycles. The average Bonchev–Trinajstić information content (AvgIpc) is 2.48. The lowest BCUT2D eigenvalue weighted by atomic mass is 9.96. The van der Waals surface area contributed by atoms with Crippen LogP contribution in [0.25, 0.3) is 10.9 Å². The van der Waals surface area contributed by atoms with E-state index in [1.54, 1.807) is 0 Å². The Labute approximate surface area is 133 Å². The van der Waals surface area contributed by atoms with Crippen molar-refractivity contribution in [3.05, 3.63) is 75.9 Å². The van der Waals surface area contributed by atoms with Gasteiger partial charge in [-0.05, 0) is 42.7 Å². The standard InChI is InChI=1S/C18H17BrN2/c1-12-10-15(14-7-3-5-9-18(14)21-12)17(20)11-13-6-2-4-8-16(13)19/h2-10,17H,11,20H2,1H3. The summed E-state index contributed by atoms with van der Waals surface area (Å²) in [5, 5.41) is 1.14. The lowest BCUT2D eigenvalue weighted by molar-refractivity contribution is 0.724. The lowest BCUT2D eigenvalue weighted by Crippen LogP contribution is -2.14. The van der Waals surface area contributed by atoms with Gasteiger partial charge in [-0.3, -0.25) is 4.98 Å². The van der Waals surface area contributed by atoms with Crippen molar-refractivity contribution in [3.8, 4) is 0 Å². The van der Waals surface area contributed by atoms with Gasteiger partial charge in [0.1, 0.15) is 0 Å². The zero-order valence-corrected chi connectivity index (χ0v) is 13.5. The topological polar surface area (TPSA) is 38.9 Å². The highest BCUT2D eigenvalue weighted by Gasteiger charge is 2.13. The van der Waals surface area contributed by atoms with E-state index in [9.17, 15) is 0 Å². The monoisotopic (exact) mass is 340 g/mol. The van der Waals surface area contributed by atoms with E-state index in [0.717, 1.165) is 33.1 Å². The van der Waals surface area contributed by atoms with Crippen LogP contribution in [0.4, 0.5) is 0 Å². The number of nitrogens with two attached hydrogens (primary N) is 1. The van der Waals surface area contributed by atoms with E-state index in [1.165, 1.54) is 5.56 Å². The molecule has 0 radical (unpaired) electrons. The predicted molar refractivity (Wildman–Crippen MR) is 91.3 cm³/mol. The van der Waals surface area contributed by atoms with Gasteiger partial charge >= 0.3 is 0 Å². The Balaban J connectivity index is 2.02. The minimum absolute atomic E-state index is 0.0460. The molecule has 0 bridgehead atoms. The first kappa shape index (κ1) is 14.2. The van der Waals surface area contributed by atoms with Crippen molar-refractivity contribution in [1.29, 1.82) is 0 Å². The Kier molecular flexibility index (Phi) is 4.04. The summed E-state index contributed by atoms with van der Waals surface area (Å²) in [6.45, 7) is 2.01. The van der Waals surface area contributed by atoms with Crippen molar-refractivity contribution >= 4 is 26.8 Å². The highest BCUT2D eigenvalue weighted by Crippen LogP contribution is 2.27. The maximum absolute atomic E-state index is 6.48. The van der Waals surface area contributed by atoms with E-state index >= 15 is 0 Å². The number of para-hydroxylation sites is 1. The molecule has 0 aliphatic carbocycles. The molecule has 106 valence electrons. The Morgan fingerprint density at radius 3 is 2.62 bits per heavy atom. The third-order valence-corrected chi connectivity index (χ3v) is 4.45. The Morgan fingerprint density at radius 1 is 1.10 bits per heavy atom. The van der Waals surface area contributed by atoms with Crippen molar-refractivity contribution in [2.24, 2.45) is 5.73 Å². The molecule has 0 amide bonds. The molecule has 3 heteroatoms. The number of aromatic nitrogens is 1. The fourth-order valence-corrected chi connectivity index (χ4v) is 3.10. The van der Waals surface area contributed by atoms with Crippen LogP contribution in [-0.4, -0.2) is 4.98 Å². The molecule has 0 aliphatic heterocycles. The van der Waals surface area contributed by atoms with Crippen molar-refractivity contribution in [2.75, 3.05) is 0 Å². The average molecular weight is 341 g/mol. The molecule has 0 saturated heterocycles. The second-order valence-electron chi connectivity index (χ2n) is 5.27. The summed E-state index contributed by atoms with van der Waals surface area (Å²) in [7, 11) is 0. The van der Waals surface area contributed by atoms with Gasteiger partial charge in [-0.15, -0.1) is 0 Å². The maximum Gasteiger partial charge on any atom is 0.0708 e. The van der Waals surface area contributed by atoms with Gasteiger partial charge in [-0.2, -0.15) is 0 Å². The molecule has 3 rings (SSSR count). The molecule has 0 spiro atoms. The van der Waals surface area contributed by atoms with Crippen LogP contribution in [0.15, 0.2) is 59.1 Å². The summed E-state index contributed by atoms with van der Waals surface area (Å²) in [6.07, 6.45) is 0.800. The highest BCUT2D eigenvalue weighted by molar-refractivity contribution is 9.10. The summed E-state index contributed by atoms with van der Waals surface area (Å²) in [4.78, 5) is 4.58. The number of nitrogens with zero attached hydrogens (tertiary/aromatic N) is 1. The van der Waals surface area contributed by atoms with Crippen LogP contribution in [0, 0.1) is 6.92 Å². The predicted octanol–water partition coefficient (Wildman–Crippen LogP) is 4.55. The Hall–Kier alpha value is -1.71. The molecule has 1 aromatic heterocycles. The summed E-state index contributed by atoms with van der Waals surface area (Å²) < 4.78 is 1.11. The first-order chi connectivity index (χ1) is 10.1. The number of hydrogen-bond donors (Lipinski definition) is 1. The van der Waals surface area contributed by atoms with Gasteiger partial charge in [-0.1, -0.05) is 52.3 Å². The molecular formula is C18H17BrN2. The smallest absolute Gasteiger partial charge is 0.0708 e. The normalized spacial score (nSPS) is 12.5. The number of rotatable bonds is 3. The van der Waals surface area contributed by atoms with Crippen LogP contribution in [-0.2, 0) is 6.42 Å². The van der Waals surface area contributed by atoms with E-state index < -0.39 is 0 Å². The van der Waals surface area contributed by atoms with E-state index in [4.69, 9.17) is 5.73 Å². The van der Waals surface area contributed by atoms with Gasteiger partial charge in [0.15, 0.2) is 0 Å². The summed E-state index contributed by atoms with van der Waals surface area (Å²) in [5.74, 6) is 0. The number of pyridine rings is 1. The van der Waals surface area contributed by atoms with Gasteiger partial charge in [0.05, 0.1) is 5.52 Å². The molecule has 2 aromatic carbocycles. The van der Waals surface area contributed by atoms with Crippen molar-refractivity contribution in [3.63, 3.8) is 0 Å². The zero-order valence-electron chi connectivity index (χ0n) is 11.9. The van der Waals surface area contributed by atoms with Gasteiger partial charge in [0.25, 0.3) is 0 Å². The van der Waals surface area contributed by atoms with Crippen molar-refractivity contribution < 1.29 is 0 Å². The van der Waals surface area contributed by atoms with Crippen molar-refractivity contribution in [1.82, 2.24) is 4.98 Å². The third-order valence-electron chi connectivity index (χ3n) is 3.67. The SMILES string of the molecule is Cc1cc(C(N)Cc2ccccc2Br)c2ccccc2n1. The first-order valence-electron chi connectivity index (χ1n) is 7.00. The molecule has 0 saturated carbocycles. The second-order valence-corrected chi connectivity index (χ2v) is 6.13. The van der Waals surface area contributed by atoms with E-state index in [-0.39, 0.29) is 6.04 Å². The molecule has 2 nitrogen and oxygen atoms in total. The third kappa shape index (κ3) is 2.99. The first-order valence-corrected chi connectivity index (χ1v) is 7.80. The fraction of sp³-hybridized carbons (Fsp3) is 0.167. The molecule has 2 N–H and O–H groups in total. The molecule has 0 aliphatic rings. The van der Waals surface area contributed by atoms with Crippen LogP contribution >= 0.6 is 15.9 Å². The molecule has 21 heavy (non-hydrogen) atoms. The van der Waals surface area contributed by atoms with Gasteiger partial charge in [0.2, 0.25) is 0 Å². The van der Waals surface area contributed by atoms with Crippen LogP contribution in [0.2, 0.25) is 0 Å². The zero-order chi connectivity index (χ0) is 14.8. The van der Waals surface area contributed by atoms with Crippen LogP contribution in [0.1, 0.15) is 22.9 Å². The molecule has 1 atom stereocenters. The second kappa shape index (κ2) is 5.96. The minimum atomic E-state index is -0.0460. The highest BCUT2D eigenvalue weighted by atomic mass is 79.9. The summed E-state index contributed by atoms with van der Waals surface area (Å²) >= 11 is 3.59. The summed E-state index contributed by atoms with van der Waals surface area (Å²) in [5.41, 5.74) is 10.9. The minimum Gasteiger partial charge on any atom is -0.324 e. The molecule has 3 aromatic rings. The number of benzene rings is 2. The van der Waals surface area contributed by atoms with E-state index in [2.05, 4.69) is 45.2 Å². The van der Waals surface area contributed by atoms with Gasteiger partial charge in [-0.25, -0.2) is 0 Å². The van der Waals surface area contributed by atoms with Gasteiger partial charge < -0.3 is 5.73 Å². The molecule has 0 fully saturated rings. The van der Waals surface area contributed by atoms with E-state index in [1.807, 2.05) is 37.3 Å². The quantitative estimate of drug-likeness (QED) is 0.759. The fourth-order valence-electron chi connectivity index (χ4n) is 2.66. The van der Waals surface area contributed by atoms with Gasteiger partial charge in [0, 0.05) is 21.6 Å². The number of fused-ring (bicyclic) bond motifs is 1. The largest absolute Gasteiger partial charge is 0.324 e. The van der Waals surface area contributed by atoms with Crippen LogP contribution in [0.3, 0.4) is 0 Å². The number of halogens is 1. The molecule has 1 unspecified atom stereocenters. The van der Waals surface area contributed by atoms with Crippen molar-refractivity contribution in [2.45, 2.75) is 19.4 Å².